The molecule has 0 bridgehead atoms. The summed E-state index contributed by atoms with van der Waals surface area (Å²) in [5.74, 6) is -0.261. The molecule has 2 atom stereocenters. The van der Waals surface area contributed by atoms with E-state index >= 15 is 0 Å². The summed E-state index contributed by atoms with van der Waals surface area (Å²) in [5.41, 5.74) is 0.576. The molecule has 0 N–H and O–H groups in total. The summed E-state index contributed by atoms with van der Waals surface area (Å²) in [6.45, 7) is 9.35. The molecule has 170 valence electrons. The van der Waals surface area contributed by atoms with E-state index in [4.69, 9.17) is 9.47 Å². The van der Waals surface area contributed by atoms with Crippen molar-refractivity contribution in [3.63, 3.8) is 0 Å². The highest BCUT2D eigenvalue weighted by Gasteiger charge is 2.20. The Bertz CT molecular complexity index is 558. The Morgan fingerprint density at radius 2 is 1.10 bits per heavy atom. The summed E-state index contributed by atoms with van der Waals surface area (Å²) >= 11 is 0. The molecular formula is C26H42O4. The number of unbranched alkanes of at least 4 members (excludes halogenated alkanes) is 6. The molecule has 0 spiro atoms. The van der Waals surface area contributed by atoms with Gasteiger partial charge in [-0.3, -0.25) is 0 Å². The molecule has 0 aromatic heterocycles. The van der Waals surface area contributed by atoms with Crippen molar-refractivity contribution in [2.24, 2.45) is 11.8 Å². The molecule has 0 heterocycles. The maximum Gasteiger partial charge on any atom is 0.339 e. The lowest BCUT2D eigenvalue weighted by Gasteiger charge is -2.15. The summed E-state index contributed by atoms with van der Waals surface area (Å²) in [6, 6.07) is 6.77. The van der Waals surface area contributed by atoms with Crippen molar-refractivity contribution in [1.82, 2.24) is 0 Å². The smallest absolute Gasteiger partial charge is 0.339 e. The first kappa shape index (κ1) is 26.2. The molecule has 4 heteroatoms. The largest absolute Gasteiger partial charge is 0.462 e. The quantitative estimate of drug-likeness (QED) is 0.210. The SMILES string of the molecule is CCCCCCC(C)COC(=O)c1ccccc1C(=O)OCC(C)CCCCCC. The predicted molar refractivity (Wildman–Crippen MR) is 123 cm³/mol. The van der Waals surface area contributed by atoms with Gasteiger partial charge >= 0.3 is 11.9 Å². The highest BCUT2D eigenvalue weighted by Crippen LogP contribution is 2.16. The van der Waals surface area contributed by atoms with E-state index in [1.54, 1.807) is 24.3 Å². The van der Waals surface area contributed by atoms with Crippen molar-refractivity contribution >= 4 is 11.9 Å². The number of esters is 2. The molecule has 0 aliphatic heterocycles. The maximum absolute atomic E-state index is 12.6. The number of ether oxygens (including phenoxy) is 2. The maximum atomic E-state index is 12.6. The van der Waals surface area contributed by atoms with Gasteiger partial charge in [0, 0.05) is 0 Å². The highest BCUT2D eigenvalue weighted by molar-refractivity contribution is 6.03. The van der Waals surface area contributed by atoms with Gasteiger partial charge in [0.1, 0.15) is 0 Å². The minimum absolute atomic E-state index is 0.288. The van der Waals surface area contributed by atoms with Crippen LogP contribution < -0.4 is 0 Å². The number of carbonyl (C=O) groups excluding carboxylic acids is 2. The number of hydrogen-bond donors (Lipinski definition) is 0. The zero-order valence-corrected chi connectivity index (χ0v) is 19.6. The first-order valence-corrected chi connectivity index (χ1v) is 11.9. The minimum atomic E-state index is -0.449. The molecule has 0 saturated heterocycles. The second-order valence-corrected chi connectivity index (χ2v) is 8.65. The molecule has 1 aromatic carbocycles. The summed E-state index contributed by atoms with van der Waals surface area (Å²) in [7, 11) is 0. The lowest BCUT2D eigenvalue weighted by atomic mass is 10.0. The number of carbonyl (C=O) groups is 2. The third-order valence-corrected chi connectivity index (χ3v) is 5.47. The summed E-state index contributed by atoms with van der Waals surface area (Å²) < 4.78 is 11.0. The average Bonchev–Trinajstić information content (AvgIpc) is 2.76. The van der Waals surface area contributed by atoms with Gasteiger partial charge in [0.05, 0.1) is 24.3 Å². The number of benzene rings is 1. The molecular weight excluding hydrogens is 376 g/mol. The van der Waals surface area contributed by atoms with Crippen LogP contribution in [0.2, 0.25) is 0 Å². The Labute approximate surface area is 183 Å². The summed E-state index contributed by atoms with van der Waals surface area (Å²) in [6.07, 6.45) is 11.8. The van der Waals surface area contributed by atoms with E-state index < -0.39 is 11.9 Å². The van der Waals surface area contributed by atoms with Gasteiger partial charge in [0.15, 0.2) is 0 Å². The van der Waals surface area contributed by atoms with Gasteiger partial charge in [0.2, 0.25) is 0 Å². The van der Waals surface area contributed by atoms with Crippen molar-refractivity contribution in [2.45, 2.75) is 91.9 Å². The second-order valence-electron chi connectivity index (χ2n) is 8.65. The Morgan fingerprint density at radius 3 is 1.47 bits per heavy atom. The van der Waals surface area contributed by atoms with E-state index in [2.05, 4.69) is 27.7 Å². The van der Waals surface area contributed by atoms with Crippen LogP contribution in [-0.4, -0.2) is 25.2 Å². The molecule has 0 radical (unpaired) electrons. The first-order chi connectivity index (χ1) is 14.5. The molecule has 0 amide bonds. The van der Waals surface area contributed by atoms with Crippen molar-refractivity contribution < 1.29 is 19.1 Å². The van der Waals surface area contributed by atoms with Crippen LogP contribution in [0.1, 0.15) is 113 Å². The third-order valence-electron chi connectivity index (χ3n) is 5.47. The van der Waals surface area contributed by atoms with Crippen LogP contribution in [0.5, 0.6) is 0 Å². The molecule has 0 fully saturated rings. The van der Waals surface area contributed by atoms with E-state index in [9.17, 15) is 9.59 Å². The van der Waals surface area contributed by atoms with Crippen LogP contribution in [0.3, 0.4) is 0 Å². The Kier molecular flexibility index (Phi) is 13.9. The van der Waals surface area contributed by atoms with Crippen LogP contribution in [0.15, 0.2) is 24.3 Å². The van der Waals surface area contributed by atoms with Gasteiger partial charge in [-0.15, -0.1) is 0 Å². The lowest BCUT2D eigenvalue weighted by molar-refractivity contribution is 0.0396. The van der Waals surface area contributed by atoms with Crippen LogP contribution in [0.25, 0.3) is 0 Å². The van der Waals surface area contributed by atoms with Crippen molar-refractivity contribution in [2.75, 3.05) is 13.2 Å². The minimum Gasteiger partial charge on any atom is -0.462 e. The second kappa shape index (κ2) is 15.9. The van der Waals surface area contributed by atoms with E-state index in [1.807, 2.05) is 0 Å². The number of hydrogen-bond acceptors (Lipinski definition) is 4. The van der Waals surface area contributed by atoms with E-state index in [-0.39, 0.29) is 11.1 Å². The fraction of sp³-hybridized carbons (Fsp3) is 0.692. The van der Waals surface area contributed by atoms with Gasteiger partial charge < -0.3 is 9.47 Å². The third kappa shape index (κ3) is 10.8. The van der Waals surface area contributed by atoms with E-state index in [1.165, 1.54) is 38.5 Å². The predicted octanol–water partition coefficient (Wildman–Crippen LogP) is 7.21. The van der Waals surface area contributed by atoms with Crippen LogP contribution in [0, 0.1) is 11.8 Å². The van der Waals surface area contributed by atoms with E-state index in [0.717, 1.165) is 25.7 Å². The Morgan fingerprint density at radius 1 is 0.700 bits per heavy atom. The van der Waals surface area contributed by atoms with Gasteiger partial charge in [-0.25, -0.2) is 9.59 Å². The zero-order chi connectivity index (χ0) is 22.2. The summed E-state index contributed by atoms with van der Waals surface area (Å²) in [4.78, 5) is 25.1. The summed E-state index contributed by atoms with van der Waals surface area (Å²) in [5, 5.41) is 0. The van der Waals surface area contributed by atoms with Gasteiger partial charge in [-0.2, -0.15) is 0 Å². The molecule has 30 heavy (non-hydrogen) atoms. The molecule has 1 rings (SSSR count). The normalized spacial score (nSPS) is 12.9. The molecule has 1 aromatic rings. The average molecular weight is 419 g/mol. The van der Waals surface area contributed by atoms with Crippen molar-refractivity contribution in [3.8, 4) is 0 Å². The van der Waals surface area contributed by atoms with Crippen molar-refractivity contribution in [3.05, 3.63) is 35.4 Å². The molecule has 0 aliphatic rings. The van der Waals surface area contributed by atoms with Crippen LogP contribution in [0.4, 0.5) is 0 Å². The fourth-order valence-corrected chi connectivity index (χ4v) is 3.44. The first-order valence-electron chi connectivity index (χ1n) is 11.9. The van der Waals surface area contributed by atoms with Crippen molar-refractivity contribution in [1.29, 1.82) is 0 Å². The molecule has 0 aliphatic carbocycles. The zero-order valence-electron chi connectivity index (χ0n) is 19.6. The molecule has 2 unspecified atom stereocenters. The standard InChI is InChI=1S/C26H42O4/c1-5-7-9-11-15-21(3)19-29-25(27)23-17-13-14-18-24(23)26(28)30-20-22(4)16-12-10-8-6-2/h13-14,17-18,21-22H,5-12,15-16,19-20H2,1-4H3. The highest BCUT2D eigenvalue weighted by atomic mass is 16.5. The van der Waals surface area contributed by atoms with Crippen LogP contribution in [-0.2, 0) is 9.47 Å². The molecule has 0 saturated carbocycles. The van der Waals surface area contributed by atoms with Gasteiger partial charge in [0.25, 0.3) is 0 Å². The Hall–Kier alpha value is -1.84. The topological polar surface area (TPSA) is 52.6 Å². The van der Waals surface area contributed by atoms with Crippen LogP contribution >= 0.6 is 0 Å². The molecule has 4 nitrogen and oxygen atoms in total. The van der Waals surface area contributed by atoms with E-state index in [0.29, 0.717) is 25.0 Å². The monoisotopic (exact) mass is 418 g/mol. The fourth-order valence-electron chi connectivity index (χ4n) is 3.44. The van der Waals surface area contributed by atoms with Gasteiger partial charge in [-0.1, -0.05) is 91.2 Å². The lowest BCUT2D eigenvalue weighted by Crippen LogP contribution is -2.18. The number of rotatable bonds is 16. The van der Waals surface area contributed by atoms with Gasteiger partial charge in [-0.05, 0) is 36.8 Å². The Balaban J connectivity index is 2.49.